The number of rotatable bonds is 9. The first-order valence-electron chi connectivity index (χ1n) is 8.71. The summed E-state index contributed by atoms with van der Waals surface area (Å²) in [5.41, 5.74) is 2.26. The monoisotopic (exact) mass is 359 g/mol. The Morgan fingerprint density at radius 2 is 1.38 bits per heavy atom. The van der Waals surface area contributed by atoms with E-state index in [4.69, 9.17) is 18.9 Å². The molecular formula is C21H29NO4. The fourth-order valence-corrected chi connectivity index (χ4v) is 3.13. The van der Waals surface area contributed by atoms with Crippen molar-refractivity contribution in [2.45, 2.75) is 32.4 Å². The number of benzene rings is 2. The van der Waals surface area contributed by atoms with Crippen LogP contribution in [0.4, 0.5) is 0 Å². The van der Waals surface area contributed by atoms with Gasteiger partial charge in [0.1, 0.15) is 5.75 Å². The molecule has 2 atom stereocenters. The van der Waals surface area contributed by atoms with Gasteiger partial charge in [-0.3, -0.25) is 0 Å². The molecule has 0 aliphatic heterocycles. The number of hydrogen-bond donors (Lipinski definition) is 1. The largest absolute Gasteiger partial charge is 0.496 e. The lowest BCUT2D eigenvalue weighted by Gasteiger charge is -2.23. The van der Waals surface area contributed by atoms with Crippen molar-refractivity contribution in [1.29, 1.82) is 0 Å². The second-order valence-corrected chi connectivity index (χ2v) is 6.26. The zero-order valence-corrected chi connectivity index (χ0v) is 16.5. The van der Waals surface area contributed by atoms with Gasteiger partial charge in [-0.15, -0.1) is 0 Å². The number of para-hydroxylation sites is 1. The minimum atomic E-state index is 0.119. The quantitative estimate of drug-likeness (QED) is 0.733. The van der Waals surface area contributed by atoms with Gasteiger partial charge in [0.2, 0.25) is 5.75 Å². The lowest BCUT2D eigenvalue weighted by molar-refractivity contribution is 0.322. The highest BCUT2D eigenvalue weighted by molar-refractivity contribution is 5.54. The van der Waals surface area contributed by atoms with Crippen molar-refractivity contribution in [2.24, 2.45) is 0 Å². The van der Waals surface area contributed by atoms with Gasteiger partial charge in [-0.25, -0.2) is 0 Å². The third-order valence-corrected chi connectivity index (χ3v) is 4.44. The topological polar surface area (TPSA) is 49.0 Å². The van der Waals surface area contributed by atoms with Gasteiger partial charge in [0, 0.05) is 12.1 Å². The predicted octanol–water partition coefficient (Wildman–Crippen LogP) is 4.00. The maximum Gasteiger partial charge on any atom is 0.203 e. The van der Waals surface area contributed by atoms with Crippen LogP contribution >= 0.6 is 0 Å². The van der Waals surface area contributed by atoms with E-state index in [0.717, 1.165) is 17.7 Å². The van der Waals surface area contributed by atoms with Crippen molar-refractivity contribution < 1.29 is 18.9 Å². The van der Waals surface area contributed by atoms with Crippen LogP contribution in [0, 0.1) is 0 Å². The predicted molar refractivity (Wildman–Crippen MR) is 104 cm³/mol. The molecule has 2 rings (SSSR count). The van der Waals surface area contributed by atoms with Crippen LogP contribution in [-0.4, -0.2) is 34.5 Å². The molecule has 2 unspecified atom stereocenters. The Morgan fingerprint density at radius 1 is 0.808 bits per heavy atom. The summed E-state index contributed by atoms with van der Waals surface area (Å²) in [6.45, 7) is 4.29. The first-order valence-corrected chi connectivity index (χ1v) is 8.71. The van der Waals surface area contributed by atoms with Crippen LogP contribution in [-0.2, 0) is 6.42 Å². The molecule has 142 valence electrons. The number of hydrogen-bond acceptors (Lipinski definition) is 5. The number of methoxy groups -OCH3 is 4. The summed E-state index contributed by atoms with van der Waals surface area (Å²) < 4.78 is 21.7. The van der Waals surface area contributed by atoms with Crippen LogP contribution in [0.3, 0.4) is 0 Å². The van der Waals surface area contributed by atoms with Crippen molar-refractivity contribution in [3.8, 4) is 23.0 Å². The van der Waals surface area contributed by atoms with Gasteiger partial charge < -0.3 is 24.3 Å². The summed E-state index contributed by atoms with van der Waals surface area (Å²) in [4.78, 5) is 0. The standard InChI is InChI=1S/C21H29NO4/c1-14(11-16-9-7-8-10-18(16)23-3)22-15(2)17-12-19(24-4)21(26-6)20(13-17)25-5/h7-10,12-15,22H,11H2,1-6H3. The molecule has 2 aromatic rings. The average Bonchev–Trinajstić information content (AvgIpc) is 2.66. The fourth-order valence-electron chi connectivity index (χ4n) is 3.13. The summed E-state index contributed by atoms with van der Waals surface area (Å²) in [6.07, 6.45) is 0.874. The van der Waals surface area contributed by atoms with Crippen molar-refractivity contribution in [1.82, 2.24) is 5.32 Å². The lowest BCUT2D eigenvalue weighted by Crippen LogP contribution is -2.30. The minimum Gasteiger partial charge on any atom is -0.496 e. The highest BCUT2D eigenvalue weighted by atomic mass is 16.5. The number of ether oxygens (including phenoxy) is 4. The molecule has 0 saturated heterocycles. The van der Waals surface area contributed by atoms with Crippen LogP contribution in [0.1, 0.15) is 31.0 Å². The van der Waals surface area contributed by atoms with Crippen molar-refractivity contribution in [2.75, 3.05) is 28.4 Å². The molecule has 1 N–H and O–H groups in total. The molecule has 0 heterocycles. The average molecular weight is 359 g/mol. The molecule has 2 aromatic carbocycles. The summed E-state index contributed by atoms with van der Waals surface area (Å²) >= 11 is 0. The van der Waals surface area contributed by atoms with Crippen molar-refractivity contribution in [3.05, 3.63) is 47.5 Å². The molecule has 0 radical (unpaired) electrons. The van der Waals surface area contributed by atoms with E-state index in [0.29, 0.717) is 17.2 Å². The second kappa shape index (κ2) is 9.34. The fraction of sp³-hybridized carbons (Fsp3) is 0.429. The molecule has 0 aliphatic rings. The van der Waals surface area contributed by atoms with Crippen LogP contribution in [0.2, 0.25) is 0 Å². The molecule has 0 fully saturated rings. The Balaban J connectivity index is 2.14. The van der Waals surface area contributed by atoms with Gasteiger partial charge in [0.05, 0.1) is 28.4 Å². The van der Waals surface area contributed by atoms with E-state index >= 15 is 0 Å². The maximum absolute atomic E-state index is 5.45. The first-order chi connectivity index (χ1) is 12.5. The molecule has 0 aromatic heterocycles. The maximum atomic E-state index is 5.45. The molecule has 0 saturated carbocycles. The molecule has 0 aliphatic carbocycles. The highest BCUT2D eigenvalue weighted by Crippen LogP contribution is 2.39. The molecule has 5 nitrogen and oxygen atoms in total. The summed E-state index contributed by atoms with van der Waals surface area (Å²) in [6, 6.07) is 12.5. The molecule has 26 heavy (non-hydrogen) atoms. The number of nitrogens with one attached hydrogen (secondary N) is 1. The SMILES string of the molecule is COc1ccccc1CC(C)NC(C)c1cc(OC)c(OC)c(OC)c1. The Kier molecular flexibility index (Phi) is 7.16. The Labute approximate surface area is 156 Å². The van der Waals surface area contributed by atoms with E-state index < -0.39 is 0 Å². The van der Waals surface area contributed by atoms with Gasteiger partial charge in [-0.1, -0.05) is 18.2 Å². The highest BCUT2D eigenvalue weighted by Gasteiger charge is 2.18. The first kappa shape index (κ1) is 19.9. The Bertz CT molecular complexity index is 692. The van der Waals surface area contributed by atoms with Gasteiger partial charge in [0.25, 0.3) is 0 Å². The summed E-state index contributed by atoms with van der Waals surface area (Å²) in [5.74, 6) is 2.84. The van der Waals surface area contributed by atoms with E-state index in [2.05, 4.69) is 25.2 Å². The van der Waals surface area contributed by atoms with Crippen LogP contribution < -0.4 is 24.3 Å². The molecule has 0 bridgehead atoms. The molecule has 0 spiro atoms. The van der Waals surface area contributed by atoms with E-state index in [1.165, 1.54) is 5.56 Å². The summed E-state index contributed by atoms with van der Waals surface area (Å²) in [7, 11) is 6.57. The Hall–Kier alpha value is -2.40. The van der Waals surface area contributed by atoms with E-state index in [-0.39, 0.29) is 12.1 Å². The van der Waals surface area contributed by atoms with E-state index in [1.807, 2.05) is 30.3 Å². The van der Waals surface area contributed by atoms with Crippen molar-refractivity contribution in [3.63, 3.8) is 0 Å². The van der Waals surface area contributed by atoms with Crippen LogP contribution in [0.15, 0.2) is 36.4 Å². The van der Waals surface area contributed by atoms with Crippen LogP contribution in [0.25, 0.3) is 0 Å². The summed E-state index contributed by atoms with van der Waals surface area (Å²) in [5, 5.41) is 3.63. The van der Waals surface area contributed by atoms with E-state index in [1.54, 1.807) is 28.4 Å². The van der Waals surface area contributed by atoms with Gasteiger partial charge in [-0.2, -0.15) is 0 Å². The normalized spacial score (nSPS) is 13.0. The van der Waals surface area contributed by atoms with Crippen molar-refractivity contribution >= 4 is 0 Å². The van der Waals surface area contributed by atoms with Crippen LogP contribution in [0.5, 0.6) is 23.0 Å². The third-order valence-electron chi connectivity index (χ3n) is 4.44. The zero-order valence-electron chi connectivity index (χ0n) is 16.5. The minimum absolute atomic E-state index is 0.119. The molecular weight excluding hydrogens is 330 g/mol. The zero-order chi connectivity index (χ0) is 19.1. The molecule has 0 amide bonds. The Morgan fingerprint density at radius 3 is 1.92 bits per heavy atom. The second-order valence-electron chi connectivity index (χ2n) is 6.26. The third kappa shape index (κ3) is 4.61. The lowest BCUT2D eigenvalue weighted by atomic mass is 10.0. The van der Waals surface area contributed by atoms with Gasteiger partial charge in [0.15, 0.2) is 11.5 Å². The van der Waals surface area contributed by atoms with E-state index in [9.17, 15) is 0 Å². The smallest absolute Gasteiger partial charge is 0.203 e. The van der Waals surface area contributed by atoms with Gasteiger partial charge >= 0.3 is 0 Å². The molecule has 5 heteroatoms. The van der Waals surface area contributed by atoms with Gasteiger partial charge in [-0.05, 0) is 49.6 Å².